The van der Waals surface area contributed by atoms with Crippen LogP contribution in [0, 0.1) is 10.1 Å². The van der Waals surface area contributed by atoms with E-state index in [-0.39, 0.29) is 16.8 Å². The molecule has 2 aromatic heterocycles. The van der Waals surface area contributed by atoms with Gasteiger partial charge >= 0.3 is 5.97 Å². The minimum atomic E-state index is -0.750. The lowest BCUT2D eigenvalue weighted by Crippen LogP contribution is -2.39. The Balaban J connectivity index is 1.62. The largest absolute Gasteiger partial charge is 0.466 e. The zero-order chi connectivity index (χ0) is 26.3. The van der Waals surface area contributed by atoms with Crippen LogP contribution in [-0.2, 0) is 9.53 Å². The number of allylic oxidation sites excluding steroid dienone is 1. The van der Waals surface area contributed by atoms with Crippen molar-refractivity contribution in [1.82, 2.24) is 4.57 Å². The third kappa shape index (κ3) is 4.52. The molecule has 2 aromatic carbocycles. The number of non-ortho nitro benzene ring substituents is 1. The standard InChI is InChI=1S/C26H18ClN3O6S/c1-14-22(25(32)35-2)23(15-6-8-17(27)9-7-15)29-24(31)21(37-26(29)28-14)13-19-10-11-20(36-19)16-4-3-5-18(12-16)30(33)34/h3-13,23H,1-2H3/b21-13+/t23-/m1/s1. The number of esters is 1. The molecule has 0 unspecified atom stereocenters. The normalized spacial score (nSPS) is 15.3. The van der Waals surface area contributed by atoms with Crippen LogP contribution in [0.25, 0.3) is 17.4 Å². The summed E-state index contributed by atoms with van der Waals surface area (Å²) in [4.78, 5) is 41.9. The molecule has 186 valence electrons. The van der Waals surface area contributed by atoms with E-state index in [0.29, 0.717) is 42.7 Å². The lowest BCUT2D eigenvalue weighted by atomic mass is 9.96. The van der Waals surface area contributed by atoms with E-state index in [1.54, 1.807) is 61.5 Å². The lowest BCUT2D eigenvalue weighted by molar-refractivity contribution is -0.384. The number of carbonyl (C=O) groups is 1. The predicted octanol–water partition coefficient (Wildman–Crippen LogP) is 4.23. The van der Waals surface area contributed by atoms with Gasteiger partial charge < -0.3 is 9.15 Å². The number of rotatable bonds is 5. The molecule has 11 heteroatoms. The maximum absolute atomic E-state index is 13.6. The zero-order valence-electron chi connectivity index (χ0n) is 19.5. The molecule has 0 amide bonds. The van der Waals surface area contributed by atoms with Crippen LogP contribution in [0.15, 0.2) is 86.1 Å². The van der Waals surface area contributed by atoms with Gasteiger partial charge in [-0.3, -0.25) is 19.5 Å². The number of methoxy groups -OCH3 is 1. The number of ether oxygens (including phenoxy) is 1. The first-order valence-electron chi connectivity index (χ1n) is 11.0. The first kappa shape index (κ1) is 24.4. The second kappa shape index (κ2) is 9.64. The number of thiazole rings is 1. The average Bonchev–Trinajstić information content (AvgIpc) is 3.48. The van der Waals surface area contributed by atoms with Crippen molar-refractivity contribution in [2.45, 2.75) is 13.0 Å². The quantitative estimate of drug-likeness (QED) is 0.214. The Hall–Kier alpha value is -4.28. The highest BCUT2D eigenvalue weighted by molar-refractivity contribution is 7.07. The number of hydrogen-bond donors (Lipinski definition) is 0. The van der Waals surface area contributed by atoms with E-state index in [2.05, 4.69) is 4.99 Å². The Morgan fingerprint density at radius 1 is 1.22 bits per heavy atom. The summed E-state index contributed by atoms with van der Waals surface area (Å²) in [6, 6.07) is 15.6. The van der Waals surface area contributed by atoms with E-state index < -0.39 is 16.9 Å². The molecule has 0 bridgehead atoms. The Kier molecular flexibility index (Phi) is 6.36. The molecule has 3 heterocycles. The van der Waals surface area contributed by atoms with Gasteiger partial charge in [-0.25, -0.2) is 9.79 Å². The SMILES string of the molecule is COC(=O)C1=C(C)N=c2s/c(=C/c3ccc(-c4cccc([N+](=O)[O-])c4)o3)c(=O)n2[C@@H]1c1ccc(Cl)cc1. The van der Waals surface area contributed by atoms with Crippen molar-refractivity contribution in [2.75, 3.05) is 7.11 Å². The van der Waals surface area contributed by atoms with Crippen LogP contribution >= 0.6 is 22.9 Å². The lowest BCUT2D eigenvalue weighted by Gasteiger charge is -2.24. The topological polar surface area (TPSA) is 117 Å². The molecule has 1 aliphatic rings. The summed E-state index contributed by atoms with van der Waals surface area (Å²) in [5, 5.41) is 11.6. The van der Waals surface area contributed by atoms with Crippen molar-refractivity contribution in [3.05, 3.63) is 118 Å². The number of benzene rings is 2. The number of nitrogens with zero attached hydrogens (tertiary/aromatic N) is 3. The van der Waals surface area contributed by atoms with Gasteiger partial charge in [0.15, 0.2) is 4.80 Å². The molecule has 0 saturated carbocycles. The molecule has 4 aromatic rings. The van der Waals surface area contributed by atoms with Gasteiger partial charge in [-0.05, 0) is 36.8 Å². The van der Waals surface area contributed by atoms with Gasteiger partial charge in [-0.15, -0.1) is 0 Å². The van der Waals surface area contributed by atoms with Gasteiger partial charge in [0.2, 0.25) is 0 Å². The van der Waals surface area contributed by atoms with Gasteiger partial charge in [0, 0.05) is 28.8 Å². The number of hydrogen-bond acceptors (Lipinski definition) is 8. The van der Waals surface area contributed by atoms with E-state index in [0.717, 1.165) is 11.3 Å². The molecule has 37 heavy (non-hydrogen) atoms. The summed E-state index contributed by atoms with van der Waals surface area (Å²) in [6.07, 6.45) is 1.58. The smallest absolute Gasteiger partial charge is 0.338 e. The molecule has 1 atom stereocenters. The third-order valence-corrected chi connectivity index (χ3v) is 7.09. The van der Waals surface area contributed by atoms with Crippen LogP contribution in [0.5, 0.6) is 0 Å². The van der Waals surface area contributed by atoms with Gasteiger partial charge in [-0.2, -0.15) is 0 Å². The number of halogens is 1. The molecule has 0 saturated heterocycles. The van der Waals surface area contributed by atoms with Gasteiger partial charge in [0.1, 0.15) is 11.5 Å². The molecule has 0 spiro atoms. The summed E-state index contributed by atoms with van der Waals surface area (Å²) in [5.74, 6) is 0.229. The number of carbonyl (C=O) groups excluding carboxylic acids is 1. The van der Waals surface area contributed by atoms with Crippen LogP contribution in [0.4, 0.5) is 5.69 Å². The first-order chi connectivity index (χ1) is 17.8. The molecule has 0 aliphatic carbocycles. The van der Waals surface area contributed by atoms with Crippen LogP contribution in [0.2, 0.25) is 5.02 Å². The Morgan fingerprint density at radius 2 is 1.97 bits per heavy atom. The number of furan rings is 1. The van der Waals surface area contributed by atoms with Crippen LogP contribution < -0.4 is 14.9 Å². The third-order valence-electron chi connectivity index (χ3n) is 5.85. The highest BCUT2D eigenvalue weighted by Gasteiger charge is 2.33. The van der Waals surface area contributed by atoms with Crippen molar-refractivity contribution >= 4 is 40.7 Å². The summed E-state index contributed by atoms with van der Waals surface area (Å²) in [5.41, 5.74) is 1.52. The minimum Gasteiger partial charge on any atom is -0.466 e. The average molecular weight is 536 g/mol. The van der Waals surface area contributed by atoms with Crippen molar-refractivity contribution < 1.29 is 18.9 Å². The molecule has 0 N–H and O–H groups in total. The monoisotopic (exact) mass is 535 g/mol. The maximum Gasteiger partial charge on any atom is 0.338 e. The van der Waals surface area contributed by atoms with Crippen molar-refractivity contribution in [1.29, 1.82) is 0 Å². The van der Waals surface area contributed by atoms with Crippen LogP contribution in [0.1, 0.15) is 24.3 Å². The van der Waals surface area contributed by atoms with E-state index in [9.17, 15) is 19.7 Å². The van der Waals surface area contributed by atoms with Gasteiger partial charge in [-0.1, -0.05) is 47.2 Å². The molecule has 1 aliphatic heterocycles. The van der Waals surface area contributed by atoms with Gasteiger partial charge in [0.05, 0.1) is 33.9 Å². The fraction of sp³-hybridized carbons (Fsp3) is 0.115. The highest BCUT2D eigenvalue weighted by Crippen LogP contribution is 2.31. The number of aromatic nitrogens is 1. The number of nitro groups is 1. The molecule has 5 rings (SSSR count). The summed E-state index contributed by atoms with van der Waals surface area (Å²) >= 11 is 7.23. The maximum atomic E-state index is 13.6. The van der Waals surface area contributed by atoms with Crippen LogP contribution in [0.3, 0.4) is 0 Å². The number of nitro benzene ring substituents is 1. The fourth-order valence-corrected chi connectivity index (χ4v) is 5.29. The Labute approximate surface area is 218 Å². The minimum absolute atomic E-state index is 0.0530. The van der Waals surface area contributed by atoms with E-state index >= 15 is 0 Å². The van der Waals surface area contributed by atoms with E-state index in [1.165, 1.54) is 23.8 Å². The Morgan fingerprint density at radius 3 is 2.68 bits per heavy atom. The second-order valence-corrected chi connectivity index (χ2v) is 9.58. The van der Waals surface area contributed by atoms with Crippen LogP contribution in [-0.4, -0.2) is 22.6 Å². The first-order valence-corrected chi connectivity index (χ1v) is 12.2. The van der Waals surface area contributed by atoms with Crippen molar-refractivity contribution in [3.63, 3.8) is 0 Å². The Bertz CT molecular complexity index is 1760. The van der Waals surface area contributed by atoms with Crippen molar-refractivity contribution in [2.24, 2.45) is 4.99 Å². The predicted molar refractivity (Wildman–Crippen MR) is 138 cm³/mol. The van der Waals surface area contributed by atoms with Crippen molar-refractivity contribution in [3.8, 4) is 11.3 Å². The second-order valence-electron chi connectivity index (χ2n) is 8.13. The molecule has 0 radical (unpaired) electrons. The van der Waals surface area contributed by atoms with Gasteiger partial charge in [0.25, 0.3) is 11.2 Å². The molecule has 9 nitrogen and oxygen atoms in total. The van der Waals surface area contributed by atoms with E-state index in [1.807, 2.05) is 0 Å². The summed E-state index contributed by atoms with van der Waals surface area (Å²) in [6.45, 7) is 1.70. The fourth-order valence-electron chi connectivity index (χ4n) is 4.14. The molecule has 0 fully saturated rings. The molecular formula is C26H18ClN3O6S. The summed E-state index contributed by atoms with van der Waals surface area (Å²) < 4.78 is 12.7. The van der Waals surface area contributed by atoms with E-state index in [4.69, 9.17) is 20.8 Å². The molecular weight excluding hydrogens is 518 g/mol. The number of fused-ring (bicyclic) bond motifs is 1. The summed E-state index contributed by atoms with van der Waals surface area (Å²) in [7, 11) is 1.28. The zero-order valence-corrected chi connectivity index (χ0v) is 21.1. The highest BCUT2D eigenvalue weighted by atomic mass is 35.5.